The third-order valence-electron chi connectivity index (χ3n) is 2.52. The maximum absolute atomic E-state index is 11.7. The first-order chi connectivity index (χ1) is 7.29. The van der Waals surface area contributed by atoms with Gasteiger partial charge in [-0.15, -0.1) is 0 Å². The number of amides is 1. The van der Waals surface area contributed by atoms with Crippen LogP contribution in [-0.2, 0) is 9.53 Å². The van der Waals surface area contributed by atoms with E-state index in [-0.39, 0.29) is 17.9 Å². The Morgan fingerprint density at radius 2 is 2.27 bits per heavy atom. The molecule has 4 N–H and O–H groups in total. The number of rotatable bonds is 6. The average Bonchev–Trinajstić information content (AvgIpc) is 2.71. The van der Waals surface area contributed by atoms with Gasteiger partial charge in [-0.3, -0.25) is 4.79 Å². The summed E-state index contributed by atoms with van der Waals surface area (Å²) >= 11 is 0. The van der Waals surface area contributed by atoms with Crippen molar-refractivity contribution in [3.63, 3.8) is 0 Å². The average molecular weight is 215 g/mol. The maximum atomic E-state index is 11.7. The van der Waals surface area contributed by atoms with Crippen molar-refractivity contribution in [3.05, 3.63) is 0 Å². The van der Waals surface area contributed by atoms with E-state index in [1.54, 1.807) is 0 Å². The molecule has 5 nitrogen and oxygen atoms in total. The Bertz CT molecular complexity index is 199. The first-order valence-corrected chi connectivity index (χ1v) is 5.58. The molecule has 5 heteroatoms. The summed E-state index contributed by atoms with van der Waals surface area (Å²) in [4.78, 5) is 11.7. The molecule has 1 saturated heterocycles. The zero-order valence-corrected chi connectivity index (χ0v) is 9.29. The van der Waals surface area contributed by atoms with Gasteiger partial charge in [0, 0.05) is 19.1 Å². The summed E-state index contributed by atoms with van der Waals surface area (Å²) in [6.07, 6.45) is 1.06. The highest BCUT2D eigenvalue weighted by Crippen LogP contribution is 2.13. The first kappa shape index (κ1) is 12.4. The molecule has 1 aliphatic heterocycles. The number of carbonyl (C=O) groups excluding carboxylic acids is 1. The molecule has 2 atom stereocenters. The van der Waals surface area contributed by atoms with Crippen molar-refractivity contribution >= 4 is 5.91 Å². The normalized spacial score (nSPS) is 25.5. The first-order valence-electron chi connectivity index (χ1n) is 5.58. The van der Waals surface area contributed by atoms with E-state index in [1.807, 2.05) is 0 Å². The highest BCUT2D eigenvalue weighted by molar-refractivity contribution is 5.79. The fourth-order valence-electron chi connectivity index (χ4n) is 1.67. The van der Waals surface area contributed by atoms with Crippen molar-refractivity contribution < 1.29 is 9.53 Å². The lowest BCUT2D eigenvalue weighted by Gasteiger charge is -2.18. The molecule has 88 valence electrons. The van der Waals surface area contributed by atoms with Gasteiger partial charge in [-0.25, -0.2) is 0 Å². The van der Waals surface area contributed by atoms with E-state index in [0.717, 1.165) is 13.0 Å². The van der Waals surface area contributed by atoms with Crippen LogP contribution in [0.3, 0.4) is 0 Å². The zero-order valence-electron chi connectivity index (χ0n) is 9.29. The van der Waals surface area contributed by atoms with Crippen molar-refractivity contribution in [1.29, 1.82) is 0 Å². The van der Waals surface area contributed by atoms with Crippen LogP contribution in [0.25, 0.3) is 0 Å². The molecule has 0 bridgehead atoms. The van der Waals surface area contributed by atoms with Gasteiger partial charge in [-0.2, -0.15) is 0 Å². The summed E-state index contributed by atoms with van der Waals surface area (Å²) in [5.41, 5.74) is 5.33. The van der Waals surface area contributed by atoms with Gasteiger partial charge < -0.3 is 21.1 Å². The van der Waals surface area contributed by atoms with E-state index in [9.17, 15) is 4.79 Å². The highest BCUT2D eigenvalue weighted by Gasteiger charge is 2.33. The van der Waals surface area contributed by atoms with Crippen LogP contribution >= 0.6 is 0 Å². The van der Waals surface area contributed by atoms with Crippen LogP contribution in [0.1, 0.15) is 13.3 Å². The number of hydrogen-bond donors (Lipinski definition) is 3. The summed E-state index contributed by atoms with van der Waals surface area (Å²) in [5.74, 6) is -0.0188. The molecule has 1 fully saturated rings. The van der Waals surface area contributed by atoms with Gasteiger partial charge >= 0.3 is 0 Å². The minimum atomic E-state index is -0.0666. The molecule has 1 amide bonds. The summed E-state index contributed by atoms with van der Waals surface area (Å²) < 4.78 is 5.31. The summed E-state index contributed by atoms with van der Waals surface area (Å²) in [6.45, 7) is 5.18. The Morgan fingerprint density at radius 1 is 1.47 bits per heavy atom. The van der Waals surface area contributed by atoms with Crippen molar-refractivity contribution in [3.8, 4) is 0 Å². The van der Waals surface area contributed by atoms with Crippen LogP contribution in [0.4, 0.5) is 0 Å². The van der Waals surface area contributed by atoms with Crippen LogP contribution in [0, 0.1) is 5.92 Å². The Balaban J connectivity index is 2.34. The molecule has 0 aromatic carbocycles. The van der Waals surface area contributed by atoms with Crippen LogP contribution < -0.4 is 16.4 Å². The van der Waals surface area contributed by atoms with Gasteiger partial charge in [0.25, 0.3) is 0 Å². The molecule has 0 aromatic heterocycles. The quantitative estimate of drug-likeness (QED) is 0.535. The van der Waals surface area contributed by atoms with Crippen molar-refractivity contribution in [2.45, 2.75) is 19.4 Å². The maximum Gasteiger partial charge on any atom is 0.227 e. The fourth-order valence-corrected chi connectivity index (χ4v) is 1.67. The second-order valence-electron chi connectivity index (χ2n) is 3.78. The fraction of sp³-hybridized carbons (Fsp3) is 0.900. The van der Waals surface area contributed by atoms with Crippen LogP contribution in [0.15, 0.2) is 0 Å². The molecule has 0 aliphatic carbocycles. The predicted octanol–water partition coefficient (Wildman–Crippen LogP) is -0.924. The predicted molar refractivity (Wildman–Crippen MR) is 58.5 cm³/mol. The monoisotopic (exact) mass is 215 g/mol. The topological polar surface area (TPSA) is 76.4 Å². The smallest absolute Gasteiger partial charge is 0.227 e. The van der Waals surface area contributed by atoms with E-state index in [0.29, 0.717) is 26.3 Å². The van der Waals surface area contributed by atoms with E-state index in [2.05, 4.69) is 17.6 Å². The number of ether oxygens (including phenoxy) is 1. The molecule has 1 rings (SSSR count). The van der Waals surface area contributed by atoms with Gasteiger partial charge in [0.05, 0.1) is 19.1 Å². The molecular weight excluding hydrogens is 194 g/mol. The van der Waals surface area contributed by atoms with Gasteiger partial charge in [0.2, 0.25) is 5.91 Å². The zero-order chi connectivity index (χ0) is 11.1. The Labute approximate surface area is 90.7 Å². The molecule has 15 heavy (non-hydrogen) atoms. The Morgan fingerprint density at radius 3 is 2.93 bits per heavy atom. The third kappa shape index (κ3) is 3.77. The molecule has 0 radical (unpaired) electrons. The Kier molecular flexibility index (Phi) is 5.60. The van der Waals surface area contributed by atoms with Gasteiger partial charge in [-0.05, 0) is 13.0 Å². The molecule has 2 unspecified atom stereocenters. The van der Waals surface area contributed by atoms with E-state index in [4.69, 9.17) is 10.5 Å². The SMILES string of the molecule is CCCNC1COCC1C(=O)NCCN. The standard InChI is InChI=1S/C10H21N3O2/c1-2-4-12-9-7-15-6-8(9)10(14)13-5-3-11/h8-9,12H,2-7,11H2,1H3,(H,13,14). The third-order valence-corrected chi connectivity index (χ3v) is 2.52. The number of carbonyl (C=O) groups is 1. The van der Waals surface area contributed by atoms with Gasteiger partial charge in [0.1, 0.15) is 0 Å². The minimum Gasteiger partial charge on any atom is -0.379 e. The van der Waals surface area contributed by atoms with E-state index < -0.39 is 0 Å². The second kappa shape index (κ2) is 6.76. The van der Waals surface area contributed by atoms with Gasteiger partial charge in [-0.1, -0.05) is 6.92 Å². The van der Waals surface area contributed by atoms with E-state index >= 15 is 0 Å². The summed E-state index contributed by atoms with van der Waals surface area (Å²) in [7, 11) is 0. The molecule has 0 spiro atoms. The second-order valence-corrected chi connectivity index (χ2v) is 3.78. The molecule has 1 heterocycles. The van der Waals surface area contributed by atoms with Gasteiger partial charge in [0.15, 0.2) is 0 Å². The number of nitrogens with one attached hydrogen (secondary N) is 2. The molecule has 0 saturated carbocycles. The molecule has 1 aliphatic rings. The Hall–Kier alpha value is -0.650. The van der Waals surface area contributed by atoms with Crippen LogP contribution in [0.5, 0.6) is 0 Å². The lowest BCUT2D eigenvalue weighted by atomic mass is 10.0. The van der Waals surface area contributed by atoms with Crippen molar-refractivity contribution in [2.75, 3.05) is 32.8 Å². The summed E-state index contributed by atoms with van der Waals surface area (Å²) in [5, 5.41) is 6.12. The minimum absolute atomic E-state index is 0.0477. The number of nitrogens with two attached hydrogens (primary N) is 1. The summed E-state index contributed by atoms with van der Waals surface area (Å²) in [6, 6.07) is 0.155. The molecular formula is C10H21N3O2. The number of hydrogen-bond acceptors (Lipinski definition) is 4. The molecule has 0 aromatic rings. The lowest BCUT2D eigenvalue weighted by molar-refractivity contribution is -0.125. The van der Waals surface area contributed by atoms with E-state index in [1.165, 1.54) is 0 Å². The van der Waals surface area contributed by atoms with Crippen molar-refractivity contribution in [1.82, 2.24) is 10.6 Å². The highest BCUT2D eigenvalue weighted by atomic mass is 16.5. The van der Waals surface area contributed by atoms with Crippen molar-refractivity contribution in [2.24, 2.45) is 11.7 Å². The lowest BCUT2D eigenvalue weighted by Crippen LogP contribution is -2.45. The van der Waals surface area contributed by atoms with Crippen LogP contribution in [0.2, 0.25) is 0 Å². The van der Waals surface area contributed by atoms with Crippen LogP contribution in [-0.4, -0.2) is 44.8 Å². The largest absolute Gasteiger partial charge is 0.379 e.